The van der Waals surface area contributed by atoms with E-state index in [0.29, 0.717) is 13.1 Å². The number of nitrogens with zero attached hydrogens (tertiary/aromatic N) is 3. The van der Waals surface area contributed by atoms with Gasteiger partial charge in [0.05, 0.1) is 10.8 Å². The number of fused-ring (bicyclic) bond motifs is 3. The van der Waals surface area contributed by atoms with Crippen LogP contribution in [-0.4, -0.2) is 34.4 Å². The third kappa shape index (κ3) is 4.47. The summed E-state index contributed by atoms with van der Waals surface area (Å²) in [7, 11) is 0. The molecule has 1 aliphatic carbocycles. The Morgan fingerprint density at radius 1 is 1.09 bits per heavy atom. The third-order valence-electron chi connectivity index (χ3n) is 7.35. The Balaban J connectivity index is 1.56. The Morgan fingerprint density at radius 2 is 1.80 bits per heavy atom. The van der Waals surface area contributed by atoms with Crippen LogP contribution in [0, 0.1) is 16.8 Å². The summed E-state index contributed by atoms with van der Waals surface area (Å²) in [6, 6.07) is 18.3. The zero-order valence-corrected chi connectivity index (χ0v) is 21.9. The number of likely N-dealkylation sites (N-methyl/N-ethyl adjacent to an activating group) is 1. The van der Waals surface area contributed by atoms with Gasteiger partial charge in [-0.1, -0.05) is 67.4 Å². The lowest BCUT2D eigenvalue weighted by atomic mass is 9.82. The van der Waals surface area contributed by atoms with Crippen LogP contribution in [0.4, 0.5) is 5.82 Å². The number of carbonyl (C=O) groups is 2. The summed E-state index contributed by atoms with van der Waals surface area (Å²) in [5, 5.41) is 0. The Morgan fingerprint density at radius 3 is 2.54 bits per heavy atom. The van der Waals surface area contributed by atoms with Crippen molar-refractivity contribution in [1.29, 1.82) is 0 Å². The number of anilines is 1. The maximum atomic E-state index is 13.9. The van der Waals surface area contributed by atoms with Gasteiger partial charge in [-0.3, -0.25) is 14.5 Å². The quantitative estimate of drug-likeness (QED) is 0.365. The van der Waals surface area contributed by atoms with E-state index in [1.54, 1.807) is 16.2 Å². The van der Waals surface area contributed by atoms with E-state index in [2.05, 4.69) is 23.6 Å². The lowest BCUT2D eigenvalue weighted by molar-refractivity contribution is -0.133. The molecule has 1 aromatic heterocycles. The van der Waals surface area contributed by atoms with Crippen molar-refractivity contribution in [1.82, 2.24) is 9.47 Å². The molecule has 2 aromatic carbocycles. The minimum Gasteiger partial charge on any atom is -0.337 e. The molecule has 2 aliphatic rings. The molecule has 35 heavy (non-hydrogen) atoms. The fourth-order valence-electron chi connectivity index (χ4n) is 5.51. The average Bonchev–Trinajstić information content (AvgIpc) is 3.22. The second-order valence-electron chi connectivity index (χ2n) is 9.48. The molecular formula is C28H31N3O2S2. The van der Waals surface area contributed by atoms with Crippen molar-refractivity contribution in [3.8, 4) is 10.4 Å². The van der Waals surface area contributed by atoms with Crippen LogP contribution in [0.15, 0.2) is 54.6 Å². The van der Waals surface area contributed by atoms with Crippen molar-refractivity contribution in [3.05, 3.63) is 69.7 Å². The number of carbonyl (C=O) groups excluding carboxylic acids is 2. The van der Waals surface area contributed by atoms with Crippen molar-refractivity contribution in [2.24, 2.45) is 5.92 Å². The normalized spacial score (nSPS) is 19.3. The van der Waals surface area contributed by atoms with E-state index in [0.717, 1.165) is 57.0 Å². The summed E-state index contributed by atoms with van der Waals surface area (Å²) < 4.78 is 2.99. The van der Waals surface area contributed by atoms with Gasteiger partial charge in [0.15, 0.2) is 3.95 Å². The van der Waals surface area contributed by atoms with Gasteiger partial charge in [0.25, 0.3) is 0 Å². The topological polar surface area (TPSA) is 45.6 Å². The molecule has 0 N–H and O–H groups in total. The van der Waals surface area contributed by atoms with Crippen molar-refractivity contribution < 1.29 is 9.59 Å². The lowest BCUT2D eigenvalue weighted by Gasteiger charge is -2.42. The highest BCUT2D eigenvalue weighted by Gasteiger charge is 2.44. The molecule has 2 amide bonds. The number of amides is 2. The van der Waals surface area contributed by atoms with Gasteiger partial charge in [0.1, 0.15) is 12.4 Å². The van der Waals surface area contributed by atoms with Crippen LogP contribution >= 0.6 is 23.6 Å². The van der Waals surface area contributed by atoms with Gasteiger partial charge in [-0.2, -0.15) is 0 Å². The molecule has 2 unspecified atom stereocenters. The number of benzene rings is 2. The molecule has 0 saturated heterocycles. The summed E-state index contributed by atoms with van der Waals surface area (Å²) in [5.74, 6) is 0.727. The number of rotatable bonds is 6. The van der Waals surface area contributed by atoms with E-state index < -0.39 is 0 Å². The van der Waals surface area contributed by atoms with Crippen LogP contribution < -0.4 is 4.90 Å². The van der Waals surface area contributed by atoms with Crippen LogP contribution in [0.1, 0.15) is 49.8 Å². The van der Waals surface area contributed by atoms with Crippen molar-refractivity contribution >= 4 is 41.2 Å². The van der Waals surface area contributed by atoms with E-state index in [1.165, 1.54) is 0 Å². The van der Waals surface area contributed by atoms with Crippen molar-refractivity contribution in [2.75, 3.05) is 18.0 Å². The Hall–Kier alpha value is -2.77. The van der Waals surface area contributed by atoms with Crippen molar-refractivity contribution in [2.45, 2.75) is 52.1 Å². The molecule has 0 radical (unpaired) electrons. The third-order valence-corrected chi connectivity index (χ3v) is 8.78. The summed E-state index contributed by atoms with van der Waals surface area (Å²) >= 11 is 7.45. The van der Waals surface area contributed by atoms with Gasteiger partial charge >= 0.3 is 0 Å². The number of thiazole rings is 1. The SMILES string of the molecule is CCN(Cc1ccccc1)C(=O)CN1C(=O)C2CCCCC2n2c1c(-c1ccccc1C)sc2=S. The summed E-state index contributed by atoms with van der Waals surface area (Å²) in [5.41, 5.74) is 3.29. The van der Waals surface area contributed by atoms with E-state index in [1.807, 2.05) is 54.3 Å². The maximum Gasteiger partial charge on any atom is 0.242 e. The summed E-state index contributed by atoms with van der Waals surface area (Å²) in [6.07, 6.45) is 3.96. The number of hydrogen-bond donors (Lipinski definition) is 0. The Bertz CT molecular complexity index is 1300. The highest BCUT2D eigenvalue weighted by Crippen LogP contribution is 2.49. The van der Waals surface area contributed by atoms with E-state index in [-0.39, 0.29) is 30.3 Å². The first-order valence-corrected chi connectivity index (χ1v) is 13.7. The minimum atomic E-state index is -0.112. The molecule has 1 aliphatic heterocycles. The van der Waals surface area contributed by atoms with Crippen LogP contribution in [0.5, 0.6) is 0 Å². The second kappa shape index (κ2) is 10.1. The number of hydrogen-bond acceptors (Lipinski definition) is 4. The molecular weight excluding hydrogens is 474 g/mol. The highest BCUT2D eigenvalue weighted by atomic mass is 32.1. The first kappa shape index (κ1) is 23.9. The van der Waals surface area contributed by atoms with Crippen LogP contribution in [-0.2, 0) is 16.1 Å². The smallest absolute Gasteiger partial charge is 0.242 e. The zero-order chi connectivity index (χ0) is 24.5. The predicted octanol–water partition coefficient (Wildman–Crippen LogP) is 6.38. The molecule has 1 fully saturated rings. The first-order chi connectivity index (χ1) is 17.0. The second-order valence-corrected chi connectivity index (χ2v) is 11.1. The first-order valence-electron chi connectivity index (χ1n) is 12.4. The average molecular weight is 506 g/mol. The van der Waals surface area contributed by atoms with E-state index in [9.17, 15) is 9.59 Å². The molecule has 7 heteroatoms. The molecule has 2 heterocycles. The van der Waals surface area contributed by atoms with Gasteiger partial charge in [-0.05, 0) is 55.6 Å². The lowest BCUT2D eigenvalue weighted by Crippen LogP contribution is -2.51. The van der Waals surface area contributed by atoms with Crippen LogP contribution in [0.2, 0.25) is 0 Å². The van der Waals surface area contributed by atoms with Gasteiger partial charge in [-0.15, -0.1) is 11.3 Å². The van der Waals surface area contributed by atoms with E-state index >= 15 is 0 Å². The Kier molecular flexibility index (Phi) is 6.89. The number of aryl methyl sites for hydroxylation is 1. The monoisotopic (exact) mass is 505 g/mol. The number of aromatic nitrogens is 1. The maximum absolute atomic E-state index is 13.9. The van der Waals surface area contributed by atoms with Gasteiger partial charge < -0.3 is 9.47 Å². The molecule has 1 saturated carbocycles. The molecule has 5 rings (SSSR count). The largest absolute Gasteiger partial charge is 0.337 e. The molecule has 5 nitrogen and oxygen atoms in total. The molecule has 182 valence electrons. The summed E-state index contributed by atoms with van der Waals surface area (Å²) in [4.78, 5) is 32.1. The van der Waals surface area contributed by atoms with Crippen LogP contribution in [0.25, 0.3) is 10.4 Å². The van der Waals surface area contributed by atoms with Gasteiger partial charge in [0.2, 0.25) is 11.8 Å². The fraction of sp³-hybridized carbons (Fsp3) is 0.393. The molecule has 3 aromatic rings. The van der Waals surface area contributed by atoms with E-state index in [4.69, 9.17) is 12.2 Å². The molecule has 2 atom stereocenters. The zero-order valence-electron chi connectivity index (χ0n) is 20.3. The minimum absolute atomic E-state index is 0.0348. The summed E-state index contributed by atoms with van der Waals surface area (Å²) in [6.45, 7) is 5.22. The van der Waals surface area contributed by atoms with Gasteiger partial charge in [0, 0.05) is 19.1 Å². The van der Waals surface area contributed by atoms with Crippen molar-refractivity contribution in [3.63, 3.8) is 0 Å². The fourth-order valence-corrected chi connectivity index (χ4v) is 7.11. The molecule has 0 bridgehead atoms. The molecule has 0 spiro atoms. The van der Waals surface area contributed by atoms with Gasteiger partial charge in [-0.25, -0.2) is 0 Å². The highest BCUT2D eigenvalue weighted by molar-refractivity contribution is 7.73. The standard InChI is InChI=1S/C28H31N3O2S2/c1-3-29(17-20-12-5-4-6-13-20)24(32)18-30-26-25(21-14-8-7-11-19(21)2)35-28(34)31(26)23-16-10-9-15-22(23)27(30)33/h4-8,11-14,22-23H,3,9-10,15-18H2,1-2H3. The van der Waals surface area contributed by atoms with Crippen LogP contribution in [0.3, 0.4) is 0 Å². The predicted molar refractivity (Wildman–Crippen MR) is 144 cm³/mol. The Labute approximate surface area is 216 Å².